The molecule has 0 unspecified atom stereocenters. The number of nitrogens with zero attached hydrogens (tertiary/aromatic N) is 2. The number of anilines is 1. The van der Waals surface area contributed by atoms with Crippen molar-refractivity contribution in [2.24, 2.45) is 0 Å². The highest BCUT2D eigenvalue weighted by atomic mass is 32.2. The van der Waals surface area contributed by atoms with Gasteiger partial charge in [-0.25, -0.2) is 12.7 Å². The summed E-state index contributed by atoms with van der Waals surface area (Å²) in [6, 6.07) is 12.6. The maximum absolute atomic E-state index is 12.5. The smallest absolute Gasteiger partial charge is 0.255 e. The summed E-state index contributed by atoms with van der Waals surface area (Å²) >= 11 is 0. The molecule has 0 bridgehead atoms. The fourth-order valence-corrected chi connectivity index (χ4v) is 3.27. The van der Waals surface area contributed by atoms with E-state index in [4.69, 9.17) is 14.7 Å². The standard InChI is InChI=1S/C18H19N3O5S/c1-21(2)27(23,24)17-11-13(7-8-16(17)25-3)18(22)20-14-5-4-6-15(12-14)26-10-9-19/h4-8,11-12H,10H2,1-3H3,(H,20,22). The van der Waals surface area contributed by atoms with E-state index in [1.54, 1.807) is 24.3 Å². The SMILES string of the molecule is COc1ccc(C(=O)Nc2cccc(OCC#N)c2)cc1S(=O)(=O)N(C)C. The summed E-state index contributed by atoms with van der Waals surface area (Å²) < 4.78 is 36.3. The van der Waals surface area contributed by atoms with Crippen molar-refractivity contribution in [3.8, 4) is 17.6 Å². The van der Waals surface area contributed by atoms with Crippen molar-refractivity contribution in [3.63, 3.8) is 0 Å². The lowest BCUT2D eigenvalue weighted by Crippen LogP contribution is -2.23. The zero-order valence-electron chi connectivity index (χ0n) is 15.1. The van der Waals surface area contributed by atoms with Gasteiger partial charge in [0.2, 0.25) is 10.0 Å². The molecule has 142 valence electrons. The van der Waals surface area contributed by atoms with E-state index in [0.717, 1.165) is 4.31 Å². The van der Waals surface area contributed by atoms with Crippen LogP contribution in [0.4, 0.5) is 5.69 Å². The van der Waals surface area contributed by atoms with E-state index in [2.05, 4.69) is 5.32 Å². The number of amides is 1. The number of hydrogen-bond donors (Lipinski definition) is 1. The van der Waals surface area contributed by atoms with Crippen LogP contribution >= 0.6 is 0 Å². The molecule has 0 aromatic heterocycles. The Bertz CT molecular complexity index is 981. The molecule has 8 nitrogen and oxygen atoms in total. The van der Waals surface area contributed by atoms with Gasteiger partial charge in [-0.1, -0.05) is 6.07 Å². The molecule has 0 saturated heterocycles. The predicted molar refractivity (Wildman–Crippen MR) is 99.4 cm³/mol. The van der Waals surface area contributed by atoms with Gasteiger partial charge in [0.25, 0.3) is 5.91 Å². The van der Waals surface area contributed by atoms with Gasteiger partial charge < -0.3 is 14.8 Å². The summed E-state index contributed by atoms with van der Waals surface area (Å²) in [5.41, 5.74) is 0.600. The Balaban J connectivity index is 2.31. The zero-order valence-corrected chi connectivity index (χ0v) is 15.9. The number of benzene rings is 2. The lowest BCUT2D eigenvalue weighted by Gasteiger charge is -2.15. The maximum Gasteiger partial charge on any atom is 0.255 e. The van der Waals surface area contributed by atoms with Crippen LogP contribution in [0.3, 0.4) is 0 Å². The number of nitriles is 1. The van der Waals surface area contributed by atoms with E-state index in [1.807, 2.05) is 6.07 Å². The molecule has 0 aliphatic rings. The molecule has 0 fully saturated rings. The quantitative estimate of drug-likeness (QED) is 0.777. The Morgan fingerprint density at radius 3 is 2.59 bits per heavy atom. The van der Waals surface area contributed by atoms with Crippen molar-refractivity contribution in [2.45, 2.75) is 4.90 Å². The Hall–Kier alpha value is -3.09. The van der Waals surface area contributed by atoms with Gasteiger partial charge in [0.1, 0.15) is 22.5 Å². The van der Waals surface area contributed by atoms with E-state index in [0.29, 0.717) is 11.4 Å². The lowest BCUT2D eigenvalue weighted by atomic mass is 10.2. The fourth-order valence-electron chi connectivity index (χ4n) is 2.20. The van der Waals surface area contributed by atoms with Crippen LogP contribution in [0.1, 0.15) is 10.4 Å². The van der Waals surface area contributed by atoms with Crippen LogP contribution in [0, 0.1) is 11.3 Å². The number of carbonyl (C=O) groups is 1. The van der Waals surface area contributed by atoms with Gasteiger partial charge in [0, 0.05) is 31.4 Å². The molecule has 9 heteroatoms. The Morgan fingerprint density at radius 1 is 1.22 bits per heavy atom. The molecule has 0 atom stereocenters. The minimum atomic E-state index is -3.79. The molecule has 0 saturated carbocycles. The zero-order chi connectivity index (χ0) is 20.0. The van der Waals surface area contributed by atoms with Crippen LogP contribution in [0.15, 0.2) is 47.4 Å². The van der Waals surface area contributed by atoms with Gasteiger partial charge in [0.15, 0.2) is 6.61 Å². The van der Waals surface area contributed by atoms with Crippen LogP contribution in [0.25, 0.3) is 0 Å². The van der Waals surface area contributed by atoms with Crippen LogP contribution in [0.5, 0.6) is 11.5 Å². The fraction of sp³-hybridized carbons (Fsp3) is 0.222. The van der Waals surface area contributed by atoms with Crippen LogP contribution in [-0.4, -0.2) is 46.4 Å². The molecule has 2 rings (SSSR count). The number of ether oxygens (including phenoxy) is 2. The molecule has 2 aromatic carbocycles. The number of hydrogen-bond acceptors (Lipinski definition) is 6. The monoisotopic (exact) mass is 389 g/mol. The number of rotatable bonds is 7. The van der Waals surface area contributed by atoms with Crippen LogP contribution in [-0.2, 0) is 10.0 Å². The number of methoxy groups -OCH3 is 1. The van der Waals surface area contributed by atoms with Gasteiger partial charge in [0.05, 0.1) is 7.11 Å². The normalized spacial score (nSPS) is 10.9. The molecule has 1 N–H and O–H groups in total. The van der Waals surface area contributed by atoms with Gasteiger partial charge in [-0.2, -0.15) is 5.26 Å². The summed E-state index contributed by atoms with van der Waals surface area (Å²) in [4.78, 5) is 12.4. The first-order valence-corrected chi connectivity index (χ1v) is 9.25. The van der Waals surface area contributed by atoms with Crippen molar-refractivity contribution >= 4 is 21.6 Å². The summed E-state index contributed by atoms with van der Waals surface area (Å²) in [7, 11) is 0.364. The van der Waals surface area contributed by atoms with Crippen molar-refractivity contribution in [2.75, 3.05) is 33.1 Å². The second-order valence-electron chi connectivity index (χ2n) is 5.58. The van der Waals surface area contributed by atoms with Gasteiger partial charge in [-0.05, 0) is 30.3 Å². The Morgan fingerprint density at radius 2 is 1.96 bits per heavy atom. The Labute approximate surface area is 158 Å². The van der Waals surface area contributed by atoms with Crippen molar-refractivity contribution in [1.29, 1.82) is 5.26 Å². The van der Waals surface area contributed by atoms with Crippen molar-refractivity contribution in [1.82, 2.24) is 4.31 Å². The summed E-state index contributed by atoms with van der Waals surface area (Å²) in [5, 5.41) is 11.2. The largest absolute Gasteiger partial charge is 0.495 e. The second-order valence-corrected chi connectivity index (χ2v) is 7.70. The summed E-state index contributed by atoms with van der Waals surface area (Å²) in [6.45, 7) is -0.109. The average Bonchev–Trinajstić information content (AvgIpc) is 2.65. The minimum Gasteiger partial charge on any atom is -0.495 e. The molecule has 0 heterocycles. The van der Waals surface area contributed by atoms with Crippen molar-refractivity contribution in [3.05, 3.63) is 48.0 Å². The van der Waals surface area contributed by atoms with Gasteiger partial charge in [-0.3, -0.25) is 4.79 Å². The topological polar surface area (TPSA) is 109 Å². The molecular formula is C18H19N3O5S. The number of carbonyl (C=O) groups excluding carboxylic acids is 1. The van der Waals surface area contributed by atoms with E-state index >= 15 is 0 Å². The maximum atomic E-state index is 12.5. The highest BCUT2D eigenvalue weighted by Gasteiger charge is 2.24. The number of nitrogens with one attached hydrogen (secondary N) is 1. The number of sulfonamides is 1. The first kappa shape index (κ1) is 20.2. The first-order chi connectivity index (χ1) is 12.8. The first-order valence-electron chi connectivity index (χ1n) is 7.81. The molecule has 2 aromatic rings. The minimum absolute atomic E-state index is 0.103. The summed E-state index contributed by atoms with van der Waals surface area (Å²) in [6.07, 6.45) is 0. The third kappa shape index (κ3) is 4.75. The van der Waals surface area contributed by atoms with E-state index in [-0.39, 0.29) is 22.8 Å². The molecule has 1 amide bonds. The van der Waals surface area contributed by atoms with Crippen LogP contribution < -0.4 is 14.8 Å². The van der Waals surface area contributed by atoms with E-state index < -0.39 is 15.9 Å². The molecule has 0 aliphatic heterocycles. The third-order valence-corrected chi connectivity index (χ3v) is 5.42. The van der Waals surface area contributed by atoms with Crippen molar-refractivity contribution < 1.29 is 22.7 Å². The summed E-state index contributed by atoms with van der Waals surface area (Å²) in [5.74, 6) is 0.0809. The molecule has 27 heavy (non-hydrogen) atoms. The van der Waals surface area contributed by atoms with Gasteiger partial charge in [-0.15, -0.1) is 0 Å². The van der Waals surface area contributed by atoms with E-state index in [1.165, 1.54) is 39.4 Å². The second kappa shape index (κ2) is 8.53. The predicted octanol–water partition coefficient (Wildman–Crippen LogP) is 2.10. The molecule has 0 aliphatic carbocycles. The van der Waals surface area contributed by atoms with Gasteiger partial charge >= 0.3 is 0 Å². The third-order valence-electron chi connectivity index (χ3n) is 3.58. The molecular weight excluding hydrogens is 370 g/mol. The highest BCUT2D eigenvalue weighted by Crippen LogP contribution is 2.27. The lowest BCUT2D eigenvalue weighted by molar-refractivity contribution is 0.102. The van der Waals surface area contributed by atoms with Crippen LogP contribution in [0.2, 0.25) is 0 Å². The molecule has 0 spiro atoms. The van der Waals surface area contributed by atoms with E-state index in [9.17, 15) is 13.2 Å². The average molecular weight is 389 g/mol. The highest BCUT2D eigenvalue weighted by molar-refractivity contribution is 7.89. The Kier molecular flexibility index (Phi) is 6.39. The molecule has 0 radical (unpaired) electrons.